The maximum atomic E-state index is 5.64. The number of rotatable bonds is 3. The maximum Gasteiger partial charge on any atom is 0.0180 e. The summed E-state index contributed by atoms with van der Waals surface area (Å²) in [5.41, 5.74) is 9.62. The van der Waals surface area contributed by atoms with Gasteiger partial charge in [0.05, 0.1) is 0 Å². The lowest BCUT2D eigenvalue weighted by Gasteiger charge is -2.09. The fraction of sp³-hybridized carbons (Fsp3) is 0.455. The molecule has 1 nitrogen and oxygen atoms in total. The predicted molar refractivity (Wildman–Crippen MR) is 51.9 cm³/mol. The summed E-state index contributed by atoms with van der Waals surface area (Å²) < 4.78 is 0. The van der Waals surface area contributed by atoms with Crippen LogP contribution in [0.1, 0.15) is 30.5 Å². The zero-order valence-electron chi connectivity index (χ0n) is 7.85. The highest BCUT2D eigenvalue weighted by Gasteiger charge is 2.02. The van der Waals surface area contributed by atoms with Gasteiger partial charge in [-0.1, -0.05) is 26.0 Å². The first-order valence-corrected chi connectivity index (χ1v) is 4.54. The third-order valence-corrected chi connectivity index (χ3v) is 2.22. The molecule has 1 rings (SSSR count). The van der Waals surface area contributed by atoms with Crippen molar-refractivity contribution < 1.29 is 0 Å². The Labute approximate surface area is 74.6 Å². The van der Waals surface area contributed by atoms with Gasteiger partial charge in [0.25, 0.3) is 0 Å². The molecule has 0 bridgehead atoms. The minimum atomic E-state index is 0.644. The largest absolute Gasteiger partial charge is 0.326 e. The highest BCUT2D eigenvalue weighted by Crippen LogP contribution is 2.15. The molecule has 0 aliphatic carbocycles. The minimum Gasteiger partial charge on any atom is -0.326 e. The van der Waals surface area contributed by atoms with Gasteiger partial charge in [0, 0.05) is 6.54 Å². The summed E-state index contributed by atoms with van der Waals surface area (Å²) in [5.74, 6) is 0. The van der Waals surface area contributed by atoms with Crippen molar-refractivity contribution in [1.29, 1.82) is 0 Å². The van der Waals surface area contributed by atoms with Crippen LogP contribution in [0.2, 0.25) is 0 Å². The first kappa shape index (κ1) is 9.27. The molecule has 1 aromatic rings. The molecule has 1 aromatic carbocycles. The van der Waals surface area contributed by atoms with Gasteiger partial charge in [-0.3, -0.25) is 0 Å². The minimum absolute atomic E-state index is 0.644. The Kier molecular flexibility index (Phi) is 3.30. The van der Waals surface area contributed by atoms with Gasteiger partial charge in [0.2, 0.25) is 0 Å². The summed E-state index contributed by atoms with van der Waals surface area (Å²) >= 11 is 0. The Morgan fingerprint density at radius 1 is 1.33 bits per heavy atom. The summed E-state index contributed by atoms with van der Waals surface area (Å²) in [6, 6.07) is 7.30. The van der Waals surface area contributed by atoms with Gasteiger partial charge in [0.1, 0.15) is 0 Å². The van der Waals surface area contributed by atoms with Gasteiger partial charge in [-0.2, -0.15) is 0 Å². The third kappa shape index (κ3) is 1.67. The topological polar surface area (TPSA) is 26.0 Å². The van der Waals surface area contributed by atoms with Crippen LogP contribution in [-0.4, -0.2) is 0 Å². The van der Waals surface area contributed by atoms with Crippen LogP contribution < -0.4 is 5.73 Å². The second kappa shape index (κ2) is 4.27. The Hall–Kier alpha value is -0.820. The van der Waals surface area contributed by atoms with Gasteiger partial charge in [0.15, 0.2) is 0 Å². The van der Waals surface area contributed by atoms with Crippen molar-refractivity contribution in [1.82, 2.24) is 0 Å². The van der Waals surface area contributed by atoms with E-state index in [1.165, 1.54) is 16.7 Å². The fourth-order valence-electron chi connectivity index (χ4n) is 1.57. The summed E-state index contributed by atoms with van der Waals surface area (Å²) in [7, 11) is 0. The van der Waals surface area contributed by atoms with Crippen LogP contribution in [0.3, 0.4) is 0 Å². The summed E-state index contributed by atoms with van der Waals surface area (Å²) in [6.45, 7) is 4.97. The third-order valence-electron chi connectivity index (χ3n) is 2.22. The SMILES string of the molecule is CCc1[c]ccc(CN)c1CC. The smallest absolute Gasteiger partial charge is 0.0180 e. The molecule has 1 radical (unpaired) electrons. The van der Waals surface area contributed by atoms with E-state index in [1.807, 2.05) is 6.07 Å². The van der Waals surface area contributed by atoms with Crippen molar-refractivity contribution in [3.05, 3.63) is 34.9 Å². The van der Waals surface area contributed by atoms with E-state index in [1.54, 1.807) is 0 Å². The van der Waals surface area contributed by atoms with Gasteiger partial charge in [-0.15, -0.1) is 0 Å². The fourth-order valence-corrected chi connectivity index (χ4v) is 1.57. The van der Waals surface area contributed by atoms with E-state index in [-0.39, 0.29) is 0 Å². The lowest BCUT2D eigenvalue weighted by molar-refractivity contribution is 0.961. The highest BCUT2D eigenvalue weighted by atomic mass is 14.5. The Morgan fingerprint density at radius 3 is 2.58 bits per heavy atom. The lowest BCUT2D eigenvalue weighted by atomic mass is 9.97. The Morgan fingerprint density at radius 2 is 2.08 bits per heavy atom. The molecule has 0 aliphatic rings. The molecule has 0 saturated heterocycles. The van der Waals surface area contributed by atoms with Crippen LogP contribution in [0.5, 0.6) is 0 Å². The molecule has 12 heavy (non-hydrogen) atoms. The number of nitrogens with two attached hydrogens (primary N) is 1. The number of aryl methyl sites for hydroxylation is 1. The molecule has 2 N–H and O–H groups in total. The second-order valence-corrected chi connectivity index (χ2v) is 2.87. The van der Waals surface area contributed by atoms with Crippen molar-refractivity contribution >= 4 is 0 Å². The Bertz CT molecular complexity index is 231. The zero-order chi connectivity index (χ0) is 8.97. The van der Waals surface area contributed by atoms with Crippen molar-refractivity contribution in [2.24, 2.45) is 5.73 Å². The van der Waals surface area contributed by atoms with Crippen molar-refractivity contribution in [2.45, 2.75) is 33.2 Å². The normalized spacial score (nSPS) is 10.2. The first-order valence-electron chi connectivity index (χ1n) is 4.54. The second-order valence-electron chi connectivity index (χ2n) is 2.87. The van der Waals surface area contributed by atoms with E-state index in [9.17, 15) is 0 Å². The van der Waals surface area contributed by atoms with Crippen molar-refractivity contribution in [3.8, 4) is 0 Å². The molecule has 0 saturated carbocycles. The monoisotopic (exact) mass is 162 g/mol. The summed E-state index contributed by atoms with van der Waals surface area (Å²) in [6.07, 6.45) is 2.12. The average molecular weight is 162 g/mol. The Balaban J connectivity index is 3.13. The standard InChI is InChI=1S/C11H16N/c1-3-9-6-5-7-10(8-12)11(9)4-2/h5,7H,3-4,8,12H2,1-2H3. The lowest BCUT2D eigenvalue weighted by Crippen LogP contribution is -2.03. The average Bonchev–Trinajstić information content (AvgIpc) is 2.16. The van der Waals surface area contributed by atoms with Gasteiger partial charge < -0.3 is 5.73 Å². The molecular weight excluding hydrogens is 146 g/mol. The number of hydrogen-bond donors (Lipinski definition) is 1. The van der Waals surface area contributed by atoms with E-state index < -0.39 is 0 Å². The van der Waals surface area contributed by atoms with E-state index in [0.717, 1.165) is 12.8 Å². The van der Waals surface area contributed by atoms with E-state index in [4.69, 9.17) is 5.73 Å². The predicted octanol–water partition coefficient (Wildman–Crippen LogP) is 2.07. The zero-order valence-corrected chi connectivity index (χ0v) is 7.85. The molecule has 65 valence electrons. The quantitative estimate of drug-likeness (QED) is 0.723. The van der Waals surface area contributed by atoms with Crippen molar-refractivity contribution in [3.63, 3.8) is 0 Å². The molecule has 1 heteroatoms. The van der Waals surface area contributed by atoms with Gasteiger partial charge >= 0.3 is 0 Å². The molecule has 0 heterocycles. The number of benzene rings is 1. The number of hydrogen-bond acceptors (Lipinski definition) is 1. The van der Waals surface area contributed by atoms with Crippen LogP contribution in [0.25, 0.3) is 0 Å². The molecule has 0 atom stereocenters. The van der Waals surface area contributed by atoms with Crippen LogP contribution in [0.15, 0.2) is 12.1 Å². The van der Waals surface area contributed by atoms with Crippen LogP contribution >= 0.6 is 0 Å². The molecule has 0 aliphatic heterocycles. The van der Waals surface area contributed by atoms with Gasteiger partial charge in [-0.25, -0.2) is 0 Å². The maximum absolute atomic E-state index is 5.64. The van der Waals surface area contributed by atoms with Crippen molar-refractivity contribution in [2.75, 3.05) is 0 Å². The summed E-state index contributed by atoms with van der Waals surface area (Å²) in [5, 5.41) is 0. The van der Waals surface area contributed by atoms with Crippen LogP contribution in [0, 0.1) is 6.07 Å². The highest BCUT2D eigenvalue weighted by molar-refractivity contribution is 5.34. The molecule has 0 fully saturated rings. The van der Waals surface area contributed by atoms with E-state index in [0.29, 0.717) is 6.54 Å². The molecule has 0 aromatic heterocycles. The van der Waals surface area contributed by atoms with E-state index >= 15 is 0 Å². The molecular formula is C11H16N. The molecule has 0 amide bonds. The van der Waals surface area contributed by atoms with E-state index in [2.05, 4.69) is 26.0 Å². The van der Waals surface area contributed by atoms with Gasteiger partial charge in [-0.05, 0) is 35.6 Å². The first-order chi connectivity index (χ1) is 5.83. The van der Waals surface area contributed by atoms with Crippen LogP contribution in [0.4, 0.5) is 0 Å². The van der Waals surface area contributed by atoms with Crippen LogP contribution in [-0.2, 0) is 19.4 Å². The summed E-state index contributed by atoms with van der Waals surface area (Å²) in [4.78, 5) is 0. The molecule has 0 spiro atoms. The molecule has 0 unspecified atom stereocenters.